The van der Waals surface area contributed by atoms with Crippen LogP contribution in [0.4, 0.5) is 10.7 Å². The highest BCUT2D eigenvalue weighted by Crippen LogP contribution is 2.23. The van der Waals surface area contributed by atoms with Gasteiger partial charge in [0.05, 0.1) is 47.9 Å². The first-order chi connectivity index (χ1) is 35.2. The number of amides is 2. The number of aryl methyl sites for hydroxylation is 2. The lowest BCUT2D eigenvalue weighted by molar-refractivity contribution is -0.138. The highest BCUT2D eigenvalue weighted by atomic mass is 32.2. The predicted octanol–water partition coefficient (Wildman–Crippen LogP) is 5.16. The third-order valence-electron chi connectivity index (χ3n) is 10.9. The van der Waals surface area contributed by atoms with Crippen molar-refractivity contribution < 1.29 is 55.3 Å². The summed E-state index contributed by atoms with van der Waals surface area (Å²) >= 11 is 0. The molecule has 0 saturated heterocycles. The Morgan fingerprint density at radius 2 is 1.37 bits per heavy atom. The van der Waals surface area contributed by atoms with Crippen molar-refractivity contribution in [1.29, 1.82) is 0 Å². The second-order valence-electron chi connectivity index (χ2n) is 16.3. The molecule has 73 heavy (non-hydrogen) atoms. The molecule has 0 saturated carbocycles. The normalized spacial score (nSPS) is 11.9. The number of hydrogen-bond acceptors (Lipinski definition) is 14. The number of carboxylic acid groups (broad SMARTS) is 1. The molecule has 0 spiro atoms. The molecule has 2 aromatic heterocycles. The molecular weight excluding hydrogens is 983 g/mol. The fourth-order valence-corrected chi connectivity index (χ4v) is 8.72. The molecule has 23 heteroatoms. The van der Waals surface area contributed by atoms with Gasteiger partial charge in [0.2, 0.25) is 26.0 Å². The van der Waals surface area contributed by atoms with E-state index >= 15 is 0 Å². The highest BCUT2D eigenvalue weighted by Gasteiger charge is 2.26. The van der Waals surface area contributed by atoms with Gasteiger partial charge >= 0.3 is 12.1 Å². The standard InChI is InChI=1S/C31H34N8O7S2.C19H31NO5/c1-32-47(43,44)25-9-4-21(5-10-25)22-6-11-26(12-7-22)48(45,46)37-27(30(41)42)20-35-29(40)23-8-13-28-24(18-23)19-36-39(28)16-3-14-33-31-34-15-17-38(31)2;1-2-3-11-22-13-15-24-16-14-23-12-7-10-20-19(21)25-17-18-8-5-4-6-9-18/h4-13,15,17-19,27,32,37H,3,14,16,20H2,1-2H3,(H,33,34)(H,35,40)(H,41,42);4-6,8-9H,2-3,7,10-17H2,1H3,(H,20,21). The molecule has 21 nitrogen and oxygen atoms in total. The van der Waals surface area contributed by atoms with Crippen LogP contribution in [0.5, 0.6) is 0 Å². The third-order valence-corrected chi connectivity index (χ3v) is 13.8. The summed E-state index contributed by atoms with van der Waals surface area (Å²) in [5, 5.41) is 23.3. The molecular formula is C50H65N9O12S2. The lowest BCUT2D eigenvalue weighted by atomic mass is 10.1. The van der Waals surface area contributed by atoms with Crippen molar-refractivity contribution >= 4 is 54.9 Å². The van der Waals surface area contributed by atoms with Gasteiger partial charge in [0.25, 0.3) is 5.91 Å². The molecule has 0 aliphatic carbocycles. The number of hydrogen-bond donors (Lipinski definition) is 6. The SMILES string of the molecule is CCCCOCCOCCOCCCNC(=O)OCc1ccccc1.CNS(=O)(=O)c1ccc(-c2ccc(S(=O)(=O)NC(CNC(=O)c3ccc4c(cnn4CCCNc4nccn4C)c3)C(=O)O)cc2)cc1. The molecule has 0 radical (unpaired) electrons. The Bertz CT molecular complexity index is 2860. The molecule has 2 heterocycles. The van der Waals surface area contributed by atoms with E-state index in [4.69, 9.17) is 18.9 Å². The number of rotatable bonds is 30. The van der Waals surface area contributed by atoms with Crippen molar-refractivity contribution in [2.45, 2.75) is 61.6 Å². The first kappa shape index (κ1) is 57.2. The predicted molar refractivity (Wildman–Crippen MR) is 275 cm³/mol. The van der Waals surface area contributed by atoms with Crippen molar-refractivity contribution in [2.24, 2.45) is 7.05 Å². The fourth-order valence-electron chi connectivity index (χ4n) is 6.80. The zero-order chi connectivity index (χ0) is 52.5. The van der Waals surface area contributed by atoms with Crippen LogP contribution in [0, 0.1) is 0 Å². The van der Waals surface area contributed by atoms with Gasteiger partial charge in [-0.2, -0.15) is 9.82 Å². The molecule has 0 fully saturated rings. The Morgan fingerprint density at radius 1 is 0.740 bits per heavy atom. The summed E-state index contributed by atoms with van der Waals surface area (Å²) in [7, 11) is -4.68. The number of carbonyl (C=O) groups is 3. The number of aromatic nitrogens is 4. The zero-order valence-corrected chi connectivity index (χ0v) is 42.8. The Hall–Kier alpha value is -6.73. The first-order valence-electron chi connectivity index (χ1n) is 23.7. The number of aliphatic carboxylic acids is 1. The number of carbonyl (C=O) groups excluding carboxylic acids is 2. The van der Waals surface area contributed by atoms with E-state index in [-0.39, 0.29) is 22.0 Å². The number of anilines is 1. The highest BCUT2D eigenvalue weighted by molar-refractivity contribution is 7.89. The van der Waals surface area contributed by atoms with Gasteiger partial charge in [0, 0.05) is 69.8 Å². The monoisotopic (exact) mass is 1050 g/mol. The summed E-state index contributed by atoms with van der Waals surface area (Å²) in [5.41, 5.74) is 3.32. The van der Waals surface area contributed by atoms with Gasteiger partial charge in [-0.1, -0.05) is 67.9 Å². The van der Waals surface area contributed by atoms with Crippen LogP contribution in [0.3, 0.4) is 0 Å². The number of ether oxygens (including phenoxy) is 4. The third kappa shape index (κ3) is 19.0. The van der Waals surface area contributed by atoms with E-state index in [9.17, 15) is 36.3 Å². The van der Waals surface area contributed by atoms with E-state index < -0.39 is 50.6 Å². The molecule has 1 unspecified atom stereocenters. The van der Waals surface area contributed by atoms with Gasteiger partial charge < -0.3 is 44.6 Å². The number of benzene rings is 4. The van der Waals surface area contributed by atoms with Crippen molar-refractivity contribution in [3.63, 3.8) is 0 Å². The molecule has 1 atom stereocenters. The van der Waals surface area contributed by atoms with Crippen LogP contribution in [-0.2, 0) is 64.0 Å². The summed E-state index contributed by atoms with van der Waals surface area (Å²) in [4.78, 5) is 40.5. The minimum absolute atomic E-state index is 0.0810. The molecule has 394 valence electrons. The summed E-state index contributed by atoms with van der Waals surface area (Å²) in [6, 6.07) is 24.6. The van der Waals surface area contributed by atoms with Crippen LogP contribution < -0.4 is 25.4 Å². The minimum Gasteiger partial charge on any atom is -0.480 e. The van der Waals surface area contributed by atoms with E-state index in [0.717, 1.165) is 54.7 Å². The summed E-state index contributed by atoms with van der Waals surface area (Å²) < 4.78 is 79.4. The van der Waals surface area contributed by atoms with Gasteiger partial charge in [-0.25, -0.2) is 31.3 Å². The van der Waals surface area contributed by atoms with Gasteiger partial charge in [0.1, 0.15) is 12.6 Å². The van der Waals surface area contributed by atoms with E-state index in [1.54, 1.807) is 42.7 Å². The van der Waals surface area contributed by atoms with Crippen LogP contribution >= 0.6 is 0 Å². The quantitative estimate of drug-likeness (QED) is 0.0318. The molecule has 6 N–H and O–H groups in total. The van der Waals surface area contributed by atoms with Crippen LogP contribution in [-0.4, -0.2) is 132 Å². The molecule has 6 aromatic rings. The number of alkyl carbamates (subject to hydrolysis) is 1. The number of carboxylic acids is 1. The van der Waals surface area contributed by atoms with Crippen molar-refractivity contribution in [1.82, 2.24) is 39.4 Å². The molecule has 2 amide bonds. The van der Waals surface area contributed by atoms with Gasteiger partial charge in [0.15, 0.2) is 0 Å². The average molecular weight is 1050 g/mol. The number of fused-ring (bicyclic) bond motifs is 1. The summed E-state index contributed by atoms with van der Waals surface area (Å²) in [6.07, 6.45) is 8.56. The van der Waals surface area contributed by atoms with Crippen LogP contribution in [0.2, 0.25) is 0 Å². The molecule has 0 aliphatic rings. The minimum atomic E-state index is -4.29. The van der Waals surface area contributed by atoms with Crippen LogP contribution in [0.15, 0.2) is 125 Å². The number of sulfonamides is 2. The van der Waals surface area contributed by atoms with Gasteiger partial charge in [-0.15, -0.1) is 0 Å². The number of imidazole rings is 1. The van der Waals surface area contributed by atoms with Gasteiger partial charge in [-0.3, -0.25) is 14.3 Å². The average Bonchev–Trinajstić information content (AvgIpc) is 4.01. The van der Waals surface area contributed by atoms with Crippen molar-refractivity contribution in [3.8, 4) is 11.1 Å². The molecule has 0 bridgehead atoms. The number of nitrogens with zero attached hydrogens (tertiary/aromatic N) is 4. The Balaban J connectivity index is 0.000000334. The largest absolute Gasteiger partial charge is 0.480 e. The van der Waals surface area contributed by atoms with E-state index in [0.29, 0.717) is 63.8 Å². The lowest BCUT2D eigenvalue weighted by Gasteiger charge is -2.16. The van der Waals surface area contributed by atoms with E-state index in [2.05, 4.69) is 42.4 Å². The maximum atomic E-state index is 13.0. The van der Waals surface area contributed by atoms with Crippen molar-refractivity contribution in [3.05, 3.63) is 127 Å². The topological polar surface area (TPSA) is 272 Å². The zero-order valence-electron chi connectivity index (χ0n) is 41.2. The first-order valence-corrected chi connectivity index (χ1v) is 26.7. The second kappa shape index (κ2) is 29.7. The van der Waals surface area contributed by atoms with Crippen LogP contribution in [0.25, 0.3) is 22.0 Å². The maximum absolute atomic E-state index is 13.0. The lowest BCUT2D eigenvalue weighted by Crippen LogP contribution is -2.48. The Labute approximate surface area is 426 Å². The molecule has 0 aliphatic heterocycles. The number of nitrogens with one attached hydrogen (secondary N) is 5. The second-order valence-corrected chi connectivity index (χ2v) is 19.9. The Kier molecular flexibility index (Phi) is 23.3. The Morgan fingerprint density at radius 3 is 1.97 bits per heavy atom. The van der Waals surface area contributed by atoms with E-state index in [1.807, 2.05) is 52.8 Å². The van der Waals surface area contributed by atoms with Gasteiger partial charge in [-0.05, 0) is 85.5 Å². The fraction of sp³-hybridized carbons (Fsp3) is 0.380. The van der Waals surface area contributed by atoms with Crippen molar-refractivity contribution in [2.75, 3.05) is 71.6 Å². The summed E-state index contributed by atoms with van der Waals surface area (Å²) in [5.74, 6) is -1.28. The maximum Gasteiger partial charge on any atom is 0.407 e. The molecule has 6 rings (SSSR count). The number of unbranched alkanes of at least 4 members (excludes halogenated alkanes) is 1. The molecule has 4 aromatic carbocycles. The summed E-state index contributed by atoms with van der Waals surface area (Å²) in [6.45, 7) is 7.48. The van der Waals surface area contributed by atoms with E-state index in [1.165, 1.54) is 43.4 Å². The van der Waals surface area contributed by atoms with Crippen LogP contribution in [0.1, 0.15) is 48.5 Å². The smallest absolute Gasteiger partial charge is 0.407 e.